The van der Waals surface area contributed by atoms with E-state index in [1.54, 1.807) is 6.92 Å². The van der Waals surface area contributed by atoms with Crippen molar-refractivity contribution in [1.29, 1.82) is 10.8 Å². The molecule has 22 heavy (non-hydrogen) atoms. The van der Waals surface area contributed by atoms with Crippen LogP contribution in [-0.4, -0.2) is 69.3 Å². The maximum Gasteiger partial charge on any atom is 0.404 e. The average molecular weight is 313 g/mol. The Bertz CT molecular complexity index is 553. The molecule has 0 aromatic heterocycles. The second kappa shape index (κ2) is 4.36. The third-order valence-electron chi connectivity index (χ3n) is 4.45. The summed E-state index contributed by atoms with van der Waals surface area (Å²) in [4.78, 5) is 12.3. The van der Waals surface area contributed by atoms with Crippen LogP contribution in [-0.2, 0) is 4.74 Å². The van der Waals surface area contributed by atoms with E-state index in [1.165, 1.54) is 4.90 Å². The van der Waals surface area contributed by atoms with Gasteiger partial charge in [0, 0.05) is 12.5 Å². The highest BCUT2D eigenvalue weighted by Crippen LogP contribution is 2.45. The molecule has 11 heteroatoms. The first-order chi connectivity index (χ1) is 10.2. The SMILES string of the molecule is C[C@H]1CC(O)(O)C23NC(=N)N[C@H]2[C@H](COC(N)=O)NC(=N)N13. The van der Waals surface area contributed by atoms with E-state index in [9.17, 15) is 15.0 Å². The first kappa shape index (κ1) is 14.7. The molecule has 3 rings (SSSR count). The van der Waals surface area contributed by atoms with Crippen molar-refractivity contribution in [3.8, 4) is 0 Å². The Labute approximate surface area is 125 Å². The van der Waals surface area contributed by atoms with Gasteiger partial charge >= 0.3 is 6.09 Å². The molecule has 3 saturated heterocycles. The monoisotopic (exact) mass is 313 g/mol. The molecule has 0 aromatic carbocycles. The largest absolute Gasteiger partial charge is 0.447 e. The number of primary amides is 1. The number of ether oxygens (including phenoxy) is 1. The molecule has 1 unspecified atom stereocenters. The number of nitrogens with two attached hydrogens (primary N) is 1. The minimum atomic E-state index is -2.17. The number of carbonyl (C=O) groups is 1. The smallest absolute Gasteiger partial charge is 0.404 e. The highest BCUT2D eigenvalue weighted by molar-refractivity contribution is 5.87. The van der Waals surface area contributed by atoms with Crippen LogP contribution >= 0.6 is 0 Å². The molecule has 0 radical (unpaired) electrons. The molecule has 3 aliphatic rings. The van der Waals surface area contributed by atoms with Crippen LogP contribution in [0, 0.1) is 10.8 Å². The van der Waals surface area contributed by atoms with Gasteiger partial charge in [0.2, 0.25) is 5.79 Å². The number of hydrogen-bond donors (Lipinski definition) is 8. The van der Waals surface area contributed by atoms with Gasteiger partial charge in [-0.05, 0) is 6.92 Å². The van der Waals surface area contributed by atoms with Crippen LogP contribution in [0.25, 0.3) is 0 Å². The molecular weight excluding hydrogens is 294 g/mol. The Morgan fingerprint density at radius 1 is 1.50 bits per heavy atom. The van der Waals surface area contributed by atoms with Gasteiger partial charge in [-0.2, -0.15) is 0 Å². The molecule has 0 aromatic rings. The maximum atomic E-state index is 10.8. The molecule has 0 aliphatic carbocycles. The van der Waals surface area contributed by atoms with E-state index in [0.717, 1.165) is 0 Å². The number of hydrogen-bond acceptors (Lipinski definition) is 6. The first-order valence-electron chi connectivity index (χ1n) is 6.83. The van der Waals surface area contributed by atoms with E-state index in [-0.39, 0.29) is 31.0 Å². The molecule has 3 fully saturated rings. The molecular formula is C11H19N7O4. The van der Waals surface area contributed by atoms with Crippen LogP contribution in [0.1, 0.15) is 13.3 Å². The van der Waals surface area contributed by atoms with Crippen molar-refractivity contribution in [2.45, 2.75) is 42.9 Å². The fourth-order valence-electron chi connectivity index (χ4n) is 3.75. The van der Waals surface area contributed by atoms with Gasteiger partial charge in [0.15, 0.2) is 17.6 Å². The van der Waals surface area contributed by atoms with E-state index in [2.05, 4.69) is 16.0 Å². The maximum absolute atomic E-state index is 10.8. The third-order valence-corrected chi connectivity index (χ3v) is 4.45. The summed E-state index contributed by atoms with van der Waals surface area (Å²) in [5, 5.41) is 45.4. The van der Waals surface area contributed by atoms with Crippen molar-refractivity contribution in [2.75, 3.05) is 6.61 Å². The lowest BCUT2D eigenvalue weighted by Gasteiger charge is -2.51. The van der Waals surface area contributed by atoms with Crippen LogP contribution in [0.15, 0.2) is 0 Å². The van der Waals surface area contributed by atoms with Gasteiger partial charge in [0.25, 0.3) is 0 Å². The van der Waals surface area contributed by atoms with Crippen molar-refractivity contribution < 1.29 is 19.7 Å². The molecule has 0 bridgehead atoms. The van der Waals surface area contributed by atoms with Crippen molar-refractivity contribution in [3.05, 3.63) is 0 Å². The molecule has 0 saturated carbocycles. The van der Waals surface area contributed by atoms with Crippen LogP contribution in [0.4, 0.5) is 4.79 Å². The average Bonchev–Trinajstić information content (AvgIpc) is 2.82. The van der Waals surface area contributed by atoms with Gasteiger partial charge in [0.05, 0.1) is 12.1 Å². The summed E-state index contributed by atoms with van der Waals surface area (Å²) in [5.74, 6) is -2.32. The van der Waals surface area contributed by atoms with E-state index in [4.69, 9.17) is 21.3 Å². The number of aliphatic hydroxyl groups is 2. The Kier molecular flexibility index (Phi) is 2.91. The third kappa shape index (κ3) is 1.72. The summed E-state index contributed by atoms with van der Waals surface area (Å²) < 4.78 is 4.77. The van der Waals surface area contributed by atoms with Crippen LogP contribution < -0.4 is 21.7 Å². The van der Waals surface area contributed by atoms with Gasteiger partial charge < -0.3 is 41.5 Å². The molecule has 1 spiro atoms. The molecule has 3 aliphatic heterocycles. The van der Waals surface area contributed by atoms with Crippen molar-refractivity contribution in [2.24, 2.45) is 5.73 Å². The summed E-state index contributed by atoms with van der Waals surface area (Å²) in [7, 11) is 0. The molecule has 122 valence electrons. The van der Waals surface area contributed by atoms with Crippen molar-refractivity contribution >= 4 is 18.0 Å². The topological polar surface area (TPSA) is 180 Å². The molecule has 11 nitrogen and oxygen atoms in total. The second-order valence-corrected chi connectivity index (χ2v) is 5.86. The first-order valence-corrected chi connectivity index (χ1v) is 6.83. The zero-order chi connectivity index (χ0) is 16.3. The van der Waals surface area contributed by atoms with Gasteiger partial charge in [0.1, 0.15) is 6.61 Å². The van der Waals surface area contributed by atoms with Crippen molar-refractivity contribution in [3.63, 3.8) is 0 Å². The Hall–Kier alpha value is -2.27. The van der Waals surface area contributed by atoms with E-state index < -0.39 is 29.6 Å². The highest BCUT2D eigenvalue weighted by Gasteiger charge is 2.72. The number of nitrogens with one attached hydrogen (secondary N) is 5. The number of carbonyl (C=O) groups excluding carboxylic acids is 1. The molecule has 3 heterocycles. The fourth-order valence-corrected chi connectivity index (χ4v) is 3.75. The fraction of sp³-hybridized carbons (Fsp3) is 0.727. The Balaban J connectivity index is 2.01. The second-order valence-electron chi connectivity index (χ2n) is 5.86. The lowest BCUT2D eigenvalue weighted by atomic mass is 9.86. The lowest BCUT2D eigenvalue weighted by Crippen LogP contribution is -2.80. The molecule has 4 atom stereocenters. The lowest BCUT2D eigenvalue weighted by molar-refractivity contribution is -0.223. The minimum Gasteiger partial charge on any atom is -0.447 e. The van der Waals surface area contributed by atoms with Gasteiger partial charge in [-0.25, -0.2) is 4.79 Å². The van der Waals surface area contributed by atoms with E-state index in [0.29, 0.717) is 0 Å². The predicted octanol–water partition coefficient (Wildman–Crippen LogP) is -3.04. The van der Waals surface area contributed by atoms with Crippen LogP contribution in [0.3, 0.4) is 0 Å². The van der Waals surface area contributed by atoms with Crippen LogP contribution in [0.2, 0.25) is 0 Å². The number of rotatable bonds is 2. The zero-order valence-electron chi connectivity index (χ0n) is 11.9. The van der Waals surface area contributed by atoms with Gasteiger partial charge in [-0.3, -0.25) is 10.8 Å². The standard InChI is InChI=1S/C11H19N7O4/c1-4-2-10(20,21)11-6(16-7(12)17-11)5(3-22-9(14)19)15-8(13)18(4)11/h4-6,20-21H,2-3H2,1H3,(H2,13,15)(H2,14,19)(H3,12,16,17)/t4-,5-,6-,11?/m0/s1. The summed E-state index contributed by atoms with van der Waals surface area (Å²) in [6.45, 7) is 1.58. The summed E-state index contributed by atoms with van der Waals surface area (Å²) in [6, 6.07) is -1.71. The van der Waals surface area contributed by atoms with E-state index in [1.807, 2.05) is 0 Å². The quantitative estimate of drug-likeness (QED) is 0.248. The Morgan fingerprint density at radius 2 is 2.18 bits per heavy atom. The van der Waals surface area contributed by atoms with Crippen LogP contribution in [0.5, 0.6) is 0 Å². The number of guanidine groups is 2. The van der Waals surface area contributed by atoms with Gasteiger partial charge in [-0.15, -0.1) is 0 Å². The van der Waals surface area contributed by atoms with E-state index >= 15 is 0 Å². The normalized spacial score (nSPS) is 38.5. The minimum absolute atomic E-state index is 0.00107. The zero-order valence-corrected chi connectivity index (χ0v) is 11.9. The summed E-state index contributed by atoms with van der Waals surface area (Å²) in [5.41, 5.74) is 3.47. The molecule has 9 N–H and O–H groups in total. The molecule has 1 amide bonds. The Morgan fingerprint density at radius 3 is 2.82 bits per heavy atom. The van der Waals surface area contributed by atoms with Gasteiger partial charge in [-0.1, -0.05) is 0 Å². The number of nitrogens with zero attached hydrogens (tertiary/aromatic N) is 1. The highest BCUT2D eigenvalue weighted by atomic mass is 16.5. The summed E-state index contributed by atoms with van der Waals surface area (Å²) >= 11 is 0. The number of amides is 1. The summed E-state index contributed by atoms with van der Waals surface area (Å²) in [6.07, 6.45) is -0.969. The van der Waals surface area contributed by atoms with Crippen molar-refractivity contribution in [1.82, 2.24) is 20.9 Å². The predicted molar refractivity (Wildman–Crippen MR) is 73.8 cm³/mol.